The minimum absolute atomic E-state index is 0.0462. The molecule has 12 heteroatoms. The molecule has 226 valence electrons. The van der Waals surface area contributed by atoms with Gasteiger partial charge in [-0.25, -0.2) is 14.5 Å². The number of aromatic nitrogens is 3. The Kier molecular flexibility index (Phi) is 8.30. The van der Waals surface area contributed by atoms with E-state index in [2.05, 4.69) is 20.7 Å². The lowest BCUT2D eigenvalue weighted by molar-refractivity contribution is -0.140. The van der Waals surface area contributed by atoms with Crippen LogP contribution in [0.5, 0.6) is 0 Å². The Morgan fingerprint density at radius 1 is 0.881 bits per heavy atom. The summed E-state index contributed by atoms with van der Waals surface area (Å²) >= 11 is 0. The lowest BCUT2D eigenvalue weighted by atomic mass is 9.92. The third-order valence-electron chi connectivity index (χ3n) is 6.94. The lowest BCUT2D eigenvalue weighted by Crippen LogP contribution is -2.52. The molecule has 3 amide bonds. The fraction of sp³-hybridized carbons (Fsp3) is 0.467. The third kappa shape index (κ3) is 7.03. The van der Waals surface area contributed by atoms with Crippen LogP contribution in [-0.2, 0) is 16.4 Å². The summed E-state index contributed by atoms with van der Waals surface area (Å²) in [5.41, 5.74) is 0.561. The summed E-state index contributed by atoms with van der Waals surface area (Å²) in [6, 6.07) is 9.47. The van der Waals surface area contributed by atoms with Gasteiger partial charge in [0, 0.05) is 43.1 Å². The van der Waals surface area contributed by atoms with Crippen LogP contribution in [0.4, 0.5) is 35.3 Å². The van der Waals surface area contributed by atoms with Gasteiger partial charge in [0.15, 0.2) is 0 Å². The molecule has 1 aliphatic rings. The predicted octanol–water partition coefficient (Wildman–Crippen LogP) is 6.23. The summed E-state index contributed by atoms with van der Waals surface area (Å²) in [5, 5.41) is 9.87. The number of carbonyl (C=O) groups excluding carboxylic acids is 2. The molecule has 4 rings (SSSR count). The fourth-order valence-corrected chi connectivity index (χ4v) is 4.58. The van der Waals surface area contributed by atoms with Crippen LogP contribution in [0, 0.1) is 12.3 Å². The first kappa shape index (κ1) is 30.9. The van der Waals surface area contributed by atoms with E-state index < -0.39 is 23.2 Å². The van der Waals surface area contributed by atoms with Crippen molar-refractivity contribution < 1.29 is 22.8 Å². The lowest BCUT2D eigenvalue weighted by Gasteiger charge is -2.38. The number of carbonyl (C=O) groups is 2. The highest BCUT2D eigenvalue weighted by molar-refractivity contribution is 5.99. The average molecular weight is 586 g/mol. The smallest absolute Gasteiger partial charge is 0.353 e. The maximum absolute atomic E-state index is 14.1. The number of anilines is 3. The van der Waals surface area contributed by atoms with Crippen molar-refractivity contribution in [2.24, 2.45) is 5.41 Å². The van der Waals surface area contributed by atoms with Gasteiger partial charge in [-0.1, -0.05) is 59.2 Å². The van der Waals surface area contributed by atoms with Crippen LogP contribution in [0.15, 0.2) is 42.6 Å². The SMILES string of the molecule is Cc1ccc(-n2nc(C(C)(C)C)cc2NC(=O)Nc2cnc(N3CCN(C(=O)C(C)(C)C)CC3)c(C(F)(F)F)c2)cc1. The molecule has 0 bridgehead atoms. The molecule has 1 aliphatic heterocycles. The summed E-state index contributed by atoms with van der Waals surface area (Å²) in [4.78, 5) is 32.9. The first-order valence-corrected chi connectivity index (χ1v) is 13.8. The van der Waals surface area contributed by atoms with Gasteiger partial charge in [-0.3, -0.25) is 10.1 Å². The number of pyridine rings is 1. The minimum Gasteiger partial charge on any atom is -0.353 e. The molecule has 3 aromatic rings. The Morgan fingerprint density at radius 2 is 1.50 bits per heavy atom. The van der Waals surface area contributed by atoms with E-state index in [1.165, 1.54) is 11.1 Å². The van der Waals surface area contributed by atoms with Crippen LogP contribution in [0.3, 0.4) is 0 Å². The summed E-state index contributed by atoms with van der Waals surface area (Å²) in [6.07, 6.45) is -3.50. The Balaban J connectivity index is 1.54. The van der Waals surface area contributed by atoms with E-state index in [1.807, 2.05) is 72.7 Å². The molecule has 0 spiro atoms. The Bertz CT molecular complexity index is 1440. The van der Waals surface area contributed by atoms with E-state index in [0.717, 1.165) is 23.0 Å². The van der Waals surface area contributed by atoms with Gasteiger partial charge in [-0.15, -0.1) is 0 Å². The number of hydrogen-bond acceptors (Lipinski definition) is 5. The quantitative estimate of drug-likeness (QED) is 0.379. The molecule has 1 fully saturated rings. The molecule has 1 saturated heterocycles. The molecule has 2 N–H and O–H groups in total. The molecular weight excluding hydrogens is 547 g/mol. The number of aryl methyl sites for hydroxylation is 1. The zero-order chi connectivity index (χ0) is 31.0. The van der Waals surface area contributed by atoms with Gasteiger partial charge < -0.3 is 15.1 Å². The molecule has 0 unspecified atom stereocenters. The van der Waals surface area contributed by atoms with Crippen molar-refractivity contribution in [2.45, 2.75) is 60.1 Å². The number of nitrogens with zero attached hydrogens (tertiary/aromatic N) is 5. The van der Waals surface area contributed by atoms with Crippen molar-refractivity contribution in [3.8, 4) is 5.69 Å². The van der Waals surface area contributed by atoms with Gasteiger partial charge in [-0.2, -0.15) is 18.3 Å². The fourth-order valence-electron chi connectivity index (χ4n) is 4.58. The maximum Gasteiger partial charge on any atom is 0.420 e. The standard InChI is InChI=1S/C30H38F3N7O2/c1-19-8-10-21(11-9-19)40-24(17-23(37-40)28(2,3)4)36-27(42)35-20-16-22(30(31,32)33)25(34-18-20)38-12-14-39(15-13-38)26(41)29(5,6)7/h8-11,16-18H,12-15H2,1-7H3,(H2,35,36,42). The molecule has 3 heterocycles. The van der Waals surface area contributed by atoms with Crippen LogP contribution >= 0.6 is 0 Å². The molecule has 0 radical (unpaired) electrons. The van der Waals surface area contributed by atoms with E-state index in [9.17, 15) is 22.8 Å². The number of amides is 3. The number of halogens is 3. The topological polar surface area (TPSA) is 95.4 Å². The molecule has 0 saturated carbocycles. The van der Waals surface area contributed by atoms with Crippen LogP contribution in [0.1, 0.15) is 58.4 Å². The normalized spacial score (nSPS) is 14.6. The zero-order valence-electron chi connectivity index (χ0n) is 25.1. The highest BCUT2D eigenvalue weighted by Crippen LogP contribution is 2.37. The number of rotatable bonds is 4. The number of hydrogen-bond donors (Lipinski definition) is 2. The second kappa shape index (κ2) is 11.3. The van der Waals surface area contributed by atoms with Crippen molar-refractivity contribution in [1.82, 2.24) is 19.7 Å². The first-order chi connectivity index (χ1) is 19.4. The number of nitrogens with one attached hydrogen (secondary N) is 2. The van der Waals surface area contributed by atoms with Gasteiger partial charge in [0.2, 0.25) is 5.91 Å². The zero-order valence-corrected chi connectivity index (χ0v) is 25.1. The summed E-state index contributed by atoms with van der Waals surface area (Å²) < 4.78 is 44.0. The van der Waals surface area contributed by atoms with Crippen LogP contribution in [0.2, 0.25) is 0 Å². The van der Waals surface area contributed by atoms with Crippen molar-refractivity contribution in [2.75, 3.05) is 41.7 Å². The highest BCUT2D eigenvalue weighted by atomic mass is 19.4. The van der Waals surface area contributed by atoms with E-state index >= 15 is 0 Å². The van der Waals surface area contributed by atoms with Crippen LogP contribution < -0.4 is 15.5 Å². The number of urea groups is 1. The predicted molar refractivity (Wildman–Crippen MR) is 157 cm³/mol. The van der Waals surface area contributed by atoms with Crippen LogP contribution in [-0.4, -0.2) is 57.8 Å². The van der Waals surface area contributed by atoms with Gasteiger partial charge in [0.05, 0.1) is 23.3 Å². The second-order valence-electron chi connectivity index (χ2n) is 12.6. The minimum atomic E-state index is -4.71. The summed E-state index contributed by atoms with van der Waals surface area (Å²) in [6.45, 7) is 14.4. The Morgan fingerprint density at radius 3 is 2.05 bits per heavy atom. The number of alkyl halides is 3. The highest BCUT2D eigenvalue weighted by Gasteiger charge is 2.38. The van der Waals surface area contributed by atoms with Crippen LogP contribution in [0.25, 0.3) is 5.69 Å². The van der Waals surface area contributed by atoms with Crippen molar-refractivity contribution >= 4 is 29.3 Å². The van der Waals surface area contributed by atoms with Gasteiger partial charge in [-0.05, 0) is 25.1 Å². The second-order valence-corrected chi connectivity index (χ2v) is 12.6. The molecule has 0 aliphatic carbocycles. The Hall–Kier alpha value is -4.09. The van der Waals surface area contributed by atoms with Gasteiger partial charge >= 0.3 is 12.2 Å². The monoisotopic (exact) mass is 585 g/mol. The molecule has 9 nitrogen and oxygen atoms in total. The molecule has 1 aromatic carbocycles. The third-order valence-corrected chi connectivity index (χ3v) is 6.94. The Labute approximate surface area is 244 Å². The largest absolute Gasteiger partial charge is 0.420 e. The van der Waals surface area contributed by atoms with E-state index in [0.29, 0.717) is 18.9 Å². The van der Waals surface area contributed by atoms with E-state index in [-0.39, 0.29) is 35.9 Å². The molecule has 42 heavy (non-hydrogen) atoms. The number of benzene rings is 1. The van der Waals surface area contributed by atoms with Crippen molar-refractivity contribution in [3.05, 3.63) is 59.4 Å². The molecule has 0 atom stereocenters. The van der Waals surface area contributed by atoms with E-state index in [1.54, 1.807) is 15.6 Å². The molecule has 2 aromatic heterocycles. The number of piperazine rings is 1. The van der Waals surface area contributed by atoms with Gasteiger partial charge in [0.25, 0.3) is 0 Å². The first-order valence-electron chi connectivity index (χ1n) is 13.8. The molecular formula is C30H38F3N7O2. The van der Waals surface area contributed by atoms with E-state index in [4.69, 9.17) is 0 Å². The van der Waals surface area contributed by atoms with Crippen molar-refractivity contribution in [1.29, 1.82) is 0 Å². The summed E-state index contributed by atoms with van der Waals surface area (Å²) in [7, 11) is 0. The van der Waals surface area contributed by atoms with Gasteiger partial charge in [0.1, 0.15) is 17.2 Å². The maximum atomic E-state index is 14.1. The van der Waals surface area contributed by atoms with Crippen molar-refractivity contribution in [3.63, 3.8) is 0 Å². The average Bonchev–Trinajstić information content (AvgIpc) is 3.32. The summed E-state index contributed by atoms with van der Waals surface area (Å²) in [5.74, 6) is 0.0863.